The quantitative estimate of drug-likeness (QED) is 0.628. The monoisotopic (exact) mass is 265 g/mol. The fourth-order valence-electron chi connectivity index (χ4n) is 1.62. The number of carbonyl (C=O) groups excluding carboxylic acids is 2. The van der Waals surface area contributed by atoms with Crippen LogP contribution in [0.15, 0.2) is 18.2 Å². The van der Waals surface area contributed by atoms with Gasteiger partial charge in [-0.15, -0.1) is 0 Å². The van der Waals surface area contributed by atoms with Gasteiger partial charge in [0.1, 0.15) is 0 Å². The lowest BCUT2D eigenvalue weighted by Crippen LogP contribution is -2.09. The third kappa shape index (κ3) is 4.62. The van der Waals surface area contributed by atoms with E-state index in [1.165, 1.54) is 0 Å². The molecule has 0 amide bonds. The highest BCUT2D eigenvalue weighted by atomic mass is 16.5. The van der Waals surface area contributed by atoms with E-state index in [4.69, 9.17) is 15.2 Å². The van der Waals surface area contributed by atoms with Crippen LogP contribution >= 0.6 is 0 Å². The second kappa shape index (κ2) is 7.41. The summed E-state index contributed by atoms with van der Waals surface area (Å²) in [5.41, 5.74) is 7.29. The summed E-state index contributed by atoms with van der Waals surface area (Å²) in [7, 11) is 0. The Morgan fingerprint density at radius 2 is 1.84 bits per heavy atom. The molecule has 0 unspecified atom stereocenters. The Balaban J connectivity index is 2.73. The van der Waals surface area contributed by atoms with Crippen molar-refractivity contribution < 1.29 is 19.1 Å². The van der Waals surface area contributed by atoms with Crippen LogP contribution in [0.5, 0.6) is 0 Å². The van der Waals surface area contributed by atoms with E-state index in [-0.39, 0.29) is 12.4 Å². The van der Waals surface area contributed by atoms with Crippen LogP contribution in [-0.4, -0.2) is 25.2 Å². The highest BCUT2D eigenvalue weighted by Crippen LogP contribution is 2.16. The number of anilines is 1. The van der Waals surface area contributed by atoms with Gasteiger partial charge < -0.3 is 15.2 Å². The number of nitrogens with two attached hydrogens (primary N) is 1. The van der Waals surface area contributed by atoms with Crippen LogP contribution in [0, 0.1) is 0 Å². The van der Waals surface area contributed by atoms with Gasteiger partial charge in [0.05, 0.1) is 18.8 Å². The number of nitrogen functional groups attached to an aromatic ring is 1. The van der Waals surface area contributed by atoms with Crippen LogP contribution in [-0.2, 0) is 20.7 Å². The second-order valence-corrected chi connectivity index (χ2v) is 3.95. The Hall–Kier alpha value is -2.04. The highest BCUT2D eigenvalue weighted by Gasteiger charge is 2.12. The molecule has 0 aromatic heterocycles. The molecular formula is C14H19NO4. The summed E-state index contributed by atoms with van der Waals surface area (Å²) in [5.74, 6) is -0.699. The van der Waals surface area contributed by atoms with Gasteiger partial charge in [-0.25, -0.2) is 4.79 Å². The molecule has 0 spiro atoms. The maximum atomic E-state index is 11.7. The van der Waals surface area contributed by atoms with Gasteiger partial charge in [0.2, 0.25) is 0 Å². The number of hydrogen-bond donors (Lipinski definition) is 1. The maximum Gasteiger partial charge on any atom is 0.340 e. The molecule has 0 saturated carbocycles. The molecule has 0 bridgehead atoms. The van der Waals surface area contributed by atoms with E-state index in [0.29, 0.717) is 30.9 Å². The number of rotatable bonds is 6. The molecule has 5 heteroatoms. The van der Waals surface area contributed by atoms with Crippen molar-refractivity contribution in [2.45, 2.75) is 26.7 Å². The van der Waals surface area contributed by atoms with Gasteiger partial charge in [-0.3, -0.25) is 4.79 Å². The Morgan fingerprint density at radius 3 is 2.47 bits per heavy atom. The van der Waals surface area contributed by atoms with E-state index in [2.05, 4.69) is 0 Å². The van der Waals surface area contributed by atoms with Gasteiger partial charge in [0.15, 0.2) is 0 Å². The zero-order chi connectivity index (χ0) is 14.3. The third-order valence-electron chi connectivity index (χ3n) is 2.54. The molecular weight excluding hydrogens is 246 g/mol. The first-order chi connectivity index (χ1) is 9.08. The Bertz CT molecular complexity index is 457. The van der Waals surface area contributed by atoms with Gasteiger partial charge in [0.25, 0.3) is 0 Å². The van der Waals surface area contributed by atoms with Gasteiger partial charge in [-0.05, 0) is 38.0 Å². The molecule has 0 fully saturated rings. The summed E-state index contributed by atoms with van der Waals surface area (Å²) in [5, 5.41) is 0. The van der Waals surface area contributed by atoms with E-state index < -0.39 is 5.97 Å². The Labute approximate surface area is 112 Å². The molecule has 0 aliphatic heterocycles. The van der Waals surface area contributed by atoms with Crippen molar-refractivity contribution in [1.29, 1.82) is 0 Å². The largest absolute Gasteiger partial charge is 0.466 e. The number of hydrogen-bond acceptors (Lipinski definition) is 5. The zero-order valence-corrected chi connectivity index (χ0v) is 11.3. The molecule has 2 N–H and O–H groups in total. The van der Waals surface area contributed by atoms with Crippen molar-refractivity contribution in [3.05, 3.63) is 29.3 Å². The van der Waals surface area contributed by atoms with E-state index in [1.54, 1.807) is 32.0 Å². The molecule has 1 aromatic rings. The SMILES string of the molecule is CCOC(=O)CCc1ccc(N)c(C(=O)OCC)c1. The predicted molar refractivity (Wildman–Crippen MR) is 71.8 cm³/mol. The summed E-state index contributed by atoms with van der Waals surface area (Å²) < 4.78 is 9.77. The van der Waals surface area contributed by atoms with Crippen molar-refractivity contribution in [2.75, 3.05) is 18.9 Å². The second-order valence-electron chi connectivity index (χ2n) is 3.95. The molecule has 0 radical (unpaired) electrons. The summed E-state index contributed by atoms with van der Waals surface area (Å²) in [6.07, 6.45) is 0.783. The highest BCUT2D eigenvalue weighted by molar-refractivity contribution is 5.95. The summed E-state index contributed by atoms with van der Waals surface area (Å²) in [4.78, 5) is 22.9. The van der Waals surface area contributed by atoms with Gasteiger partial charge in [0, 0.05) is 12.1 Å². The Kier molecular flexibility index (Phi) is 5.85. The van der Waals surface area contributed by atoms with Gasteiger partial charge in [-0.1, -0.05) is 6.07 Å². The standard InChI is InChI=1S/C14H19NO4/c1-3-18-13(16)8-6-10-5-7-12(15)11(9-10)14(17)19-4-2/h5,7,9H,3-4,6,8,15H2,1-2H3. The summed E-state index contributed by atoms with van der Waals surface area (Å²) in [6.45, 7) is 4.17. The molecule has 104 valence electrons. The van der Waals surface area contributed by atoms with Crippen LogP contribution in [0.2, 0.25) is 0 Å². The summed E-state index contributed by atoms with van der Waals surface area (Å²) in [6, 6.07) is 5.09. The Morgan fingerprint density at radius 1 is 1.16 bits per heavy atom. The molecule has 0 atom stereocenters. The van der Waals surface area contributed by atoms with E-state index in [9.17, 15) is 9.59 Å². The zero-order valence-electron chi connectivity index (χ0n) is 11.3. The predicted octanol–water partition coefficient (Wildman–Crippen LogP) is 1.94. The van der Waals surface area contributed by atoms with Crippen molar-refractivity contribution in [3.8, 4) is 0 Å². The first-order valence-electron chi connectivity index (χ1n) is 6.29. The maximum absolute atomic E-state index is 11.7. The molecule has 19 heavy (non-hydrogen) atoms. The number of benzene rings is 1. The summed E-state index contributed by atoms with van der Waals surface area (Å²) >= 11 is 0. The first kappa shape index (κ1) is 15.0. The minimum absolute atomic E-state index is 0.253. The van der Waals surface area contributed by atoms with Crippen LogP contribution in [0.3, 0.4) is 0 Å². The van der Waals surface area contributed by atoms with Crippen molar-refractivity contribution in [1.82, 2.24) is 0 Å². The molecule has 5 nitrogen and oxygen atoms in total. The fraction of sp³-hybridized carbons (Fsp3) is 0.429. The van der Waals surface area contributed by atoms with Gasteiger partial charge >= 0.3 is 11.9 Å². The van der Waals surface area contributed by atoms with Crippen molar-refractivity contribution >= 4 is 17.6 Å². The van der Waals surface area contributed by atoms with Crippen molar-refractivity contribution in [2.24, 2.45) is 0 Å². The third-order valence-corrected chi connectivity index (χ3v) is 2.54. The molecule has 0 aliphatic rings. The van der Waals surface area contributed by atoms with Crippen LogP contribution < -0.4 is 5.73 Å². The van der Waals surface area contributed by atoms with Crippen LogP contribution in [0.4, 0.5) is 5.69 Å². The first-order valence-corrected chi connectivity index (χ1v) is 6.29. The fourth-order valence-corrected chi connectivity index (χ4v) is 1.62. The average molecular weight is 265 g/mol. The number of esters is 2. The van der Waals surface area contributed by atoms with E-state index in [1.807, 2.05) is 0 Å². The molecule has 1 aromatic carbocycles. The molecule has 1 rings (SSSR count). The normalized spacial score (nSPS) is 10.0. The number of ether oxygens (including phenoxy) is 2. The lowest BCUT2D eigenvalue weighted by Gasteiger charge is -2.08. The average Bonchev–Trinajstić information content (AvgIpc) is 2.38. The van der Waals surface area contributed by atoms with Crippen LogP contribution in [0.1, 0.15) is 36.2 Å². The van der Waals surface area contributed by atoms with E-state index >= 15 is 0 Å². The molecule has 0 heterocycles. The minimum atomic E-state index is -0.446. The molecule has 0 aliphatic carbocycles. The number of aryl methyl sites for hydroxylation is 1. The van der Waals surface area contributed by atoms with Crippen molar-refractivity contribution in [3.63, 3.8) is 0 Å². The molecule has 0 saturated heterocycles. The minimum Gasteiger partial charge on any atom is -0.466 e. The smallest absolute Gasteiger partial charge is 0.340 e. The lowest BCUT2D eigenvalue weighted by molar-refractivity contribution is -0.143. The topological polar surface area (TPSA) is 78.6 Å². The van der Waals surface area contributed by atoms with Crippen LogP contribution in [0.25, 0.3) is 0 Å². The lowest BCUT2D eigenvalue weighted by atomic mass is 10.0. The van der Waals surface area contributed by atoms with Gasteiger partial charge in [-0.2, -0.15) is 0 Å². The van der Waals surface area contributed by atoms with E-state index in [0.717, 1.165) is 5.56 Å². The number of carbonyl (C=O) groups is 2.